The molecule has 1 aliphatic heterocycles. The van der Waals surface area contributed by atoms with Gasteiger partial charge in [-0.15, -0.1) is 0 Å². The van der Waals surface area contributed by atoms with Crippen molar-refractivity contribution in [3.05, 3.63) is 46.5 Å². The molecule has 0 aromatic heterocycles. The Morgan fingerprint density at radius 3 is 2.56 bits per heavy atom. The summed E-state index contributed by atoms with van der Waals surface area (Å²) in [6, 6.07) is 9.26. The van der Waals surface area contributed by atoms with E-state index in [1.807, 2.05) is 11.0 Å². The number of aromatic hydroxyl groups is 1. The number of nitrogens with zero attached hydrogens (tertiary/aromatic N) is 2. The quantitative estimate of drug-likeness (QED) is 0.114. The van der Waals surface area contributed by atoms with Crippen LogP contribution in [0.4, 0.5) is 11.4 Å². The van der Waals surface area contributed by atoms with E-state index >= 15 is 0 Å². The van der Waals surface area contributed by atoms with Gasteiger partial charge in [0.05, 0.1) is 60.5 Å². The lowest BCUT2D eigenvalue weighted by Gasteiger charge is -2.38. The molecule has 1 saturated heterocycles. The summed E-state index contributed by atoms with van der Waals surface area (Å²) in [5.41, 5.74) is 0.598. The number of methoxy groups -OCH3 is 1. The van der Waals surface area contributed by atoms with Crippen LogP contribution in [0.15, 0.2) is 35.2 Å². The molecule has 1 aliphatic rings. The number of carbonyl (C=O) groups excluding carboxylic acids is 1. The molecule has 11 nitrogen and oxygen atoms in total. The van der Waals surface area contributed by atoms with Gasteiger partial charge in [-0.05, 0) is 55.6 Å². The maximum Gasteiger partial charge on any atom is 0.337 e. The standard InChI is InChI=1S/C29H40ClN3O8SSi/c1-38-29(35)21-8-9-27(34)28(16-21)42(36,37)32-25-15-22(18-31)24(30)17-26(25)33-10-6-5-7-23(33)19-39-11-12-40-20-41-13-14-43(2,3)4/h8-9,15-17,23,32,34H,5-7,10-14,19-20H2,1-4H3/t23-/m0/s1. The fourth-order valence-corrected chi connectivity index (χ4v) is 6.67. The molecule has 1 fully saturated rings. The monoisotopic (exact) mass is 653 g/mol. The Balaban J connectivity index is 1.75. The number of anilines is 2. The van der Waals surface area contributed by atoms with Crippen molar-refractivity contribution < 1.29 is 37.3 Å². The van der Waals surface area contributed by atoms with Crippen molar-refractivity contribution in [2.45, 2.75) is 55.9 Å². The van der Waals surface area contributed by atoms with Crippen LogP contribution in [0.3, 0.4) is 0 Å². The number of nitriles is 1. The molecular weight excluding hydrogens is 614 g/mol. The van der Waals surface area contributed by atoms with Gasteiger partial charge in [-0.2, -0.15) is 5.26 Å². The van der Waals surface area contributed by atoms with E-state index in [9.17, 15) is 23.6 Å². The third-order valence-corrected chi connectivity index (χ3v) is 10.3. The third kappa shape index (κ3) is 10.1. The molecule has 0 spiro atoms. The van der Waals surface area contributed by atoms with Crippen LogP contribution < -0.4 is 9.62 Å². The first-order valence-corrected chi connectivity index (χ1v) is 19.6. The lowest BCUT2D eigenvalue weighted by molar-refractivity contribution is -0.0668. The highest BCUT2D eigenvalue weighted by Gasteiger charge is 2.29. The Bertz CT molecular complexity index is 1410. The molecule has 0 saturated carbocycles. The van der Waals surface area contributed by atoms with Crippen LogP contribution in [0.5, 0.6) is 5.75 Å². The maximum atomic E-state index is 13.5. The number of hydrogen-bond donors (Lipinski definition) is 2. The first-order valence-electron chi connectivity index (χ1n) is 14.0. The van der Waals surface area contributed by atoms with Crippen molar-refractivity contribution in [3.63, 3.8) is 0 Å². The predicted octanol–water partition coefficient (Wildman–Crippen LogP) is 5.21. The minimum Gasteiger partial charge on any atom is -0.507 e. The first kappa shape index (κ1) is 34.6. The maximum absolute atomic E-state index is 13.5. The van der Waals surface area contributed by atoms with Gasteiger partial charge >= 0.3 is 5.97 Å². The third-order valence-electron chi connectivity index (χ3n) is 6.90. The zero-order valence-corrected chi connectivity index (χ0v) is 27.6. The largest absolute Gasteiger partial charge is 0.507 e. The van der Waals surface area contributed by atoms with Crippen molar-refractivity contribution in [1.82, 2.24) is 0 Å². The van der Waals surface area contributed by atoms with Gasteiger partial charge in [0.1, 0.15) is 23.5 Å². The topological polar surface area (TPSA) is 147 Å². The van der Waals surface area contributed by atoms with E-state index in [4.69, 9.17) is 25.8 Å². The SMILES string of the molecule is COC(=O)c1ccc(O)c(S(=O)(=O)Nc2cc(C#N)c(Cl)cc2N2CCCC[C@H]2COCCOCOCC[Si](C)(C)C)c1. The van der Waals surface area contributed by atoms with E-state index in [2.05, 4.69) is 29.1 Å². The molecule has 2 aromatic carbocycles. The second-order valence-electron chi connectivity index (χ2n) is 11.4. The van der Waals surface area contributed by atoms with E-state index in [1.165, 1.54) is 19.2 Å². The summed E-state index contributed by atoms with van der Waals surface area (Å²) < 4.78 is 51.1. The lowest BCUT2D eigenvalue weighted by atomic mass is 10.0. The number of nitrogens with one attached hydrogen (secondary N) is 1. The number of hydrogen-bond acceptors (Lipinski definition) is 10. The molecule has 236 valence electrons. The molecule has 0 unspecified atom stereocenters. The number of phenolic OH excluding ortho intramolecular Hbond substituents is 1. The highest BCUT2D eigenvalue weighted by Crippen LogP contribution is 2.38. The fourth-order valence-electron chi connectivity index (χ4n) is 4.53. The molecule has 0 radical (unpaired) electrons. The Morgan fingerprint density at radius 1 is 1.14 bits per heavy atom. The summed E-state index contributed by atoms with van der Waals surface area (Å²) in [6.07, 6.45) is 2.62. The molecule has 0 bridgehead atoms. The van der Waals surface area contributed by atoms with Crippen molar-refractivity contribution in [2.24, 2.45) is 0 Å². The number of carbonyl (C=O) groups is 1. The van der Waals surface area contributed by atoms with Crippen LogP contribution in [0.2, 0.25) is 30.7 Å². The van der Waals surface area contributed by atoms with E-state index in [0.717, 1.165) is 37.4 Å². The lowest BCUT2D eigenvalue weighted by Crippen LogP contribution is -2.43. The zero-order valence-electron chi connectivity index (χ0n) is 25.0. The van der Waals surface area contributed by atoms with Crippen LogP contribution in [-0.2, 0) is 29.0 Å². The van der Waals surface area contributed by atoms with Gasteiger partial charge in [0.15, 0.2) is 0 Å². The van der Waals surface area contributed by atoms with Crippen molar-refractivity contribution in [3.8, 4) is 11.8 Å². The van der Waals surface area contributed by atoms with Gasteiger partial charge in [0.25, 0.3) is 10.0 Å². The van der Waals surface area contributed by atoms with E-state index in [-0.39, 0.29) is 34.7 Å². The second kappa shape index (κ2) is 15.7. The van der Waals surface area contributed by atoms with Crippen molar-refractivity contribution >= 4 is 47.0 Å². The average molecular weight is 654 g/mol. The van der Waals surface area contributed by atoms with Crippen LogP contribution in [0.1, 0.15) is 35.2 Å². The number of rotatable bonds is 15. The number of esters is 1. The molecule has 1 heterocycles. The highest BCUT2D eigenvalue weighted by atomic mass is 35.5. The summed E-state index contributed by atoms with van der Waals surface area (Å²) in [5.74, 6) is -1.31. The molecule has 0 amide bonds. The summed E-state index contributed by atoms with van der Waals surface area (Å²) in [4.78, 5) is 13.5. The number of sulfonamides is 1. The molecule has 3 rings (SSSR count). The van der Waals surface area contributed by atoms with Gasteiger partial charge in [-0.3, -0.25) is 4.72 Å². The van der Waals surface area contributed by atoms with Crippen LogP contribution in [-0.4, -0.2) is 80.5 Å². The van der Waals surface area contributed by atoms with Crippen LogP contribution >= 0.6 is 11.6 Å². The number of benzene rings is 2. The van der Waals surface area contributed by atoms with Crippen molar-refractivity contribution in [2.75, 3.05) is 56.5 Å². The fraction of sp³-hybridized carbons (Fsp3) is 0.517. The predicted molar refractivity (Wildman–Crippen MR) is 167 cm³/mol. The number of halogens is 1. The molecule has 1 atom stereocenters. The summed E-state index contributed by atoms with van der Waals surface area (Å²) in [6.45, 7) is 9.49. The van der Waals surface area contributed by atoms with Crippen LogP contribution in [0, 0.1) is 11.3 Å². The Hall–Kier alpha value is -2.86. The van der Waals surface area contributed by atoms with Gasteiger partial charge in [-0.25, -0.2) is 13.2 Å². The molecule has 0 aliphatic carbocycles. The molecular formula is C29H40ClN3O8SSi. The van der Waals surface area contributed by atoms with E-state index in [0.29, 0.717) is 38.7 Å². The smallest absolute Gasteiger partial charge is 0.337 e. The molecule has 2 N–H and O–H groups in total. The minimum absolute atomic E-state index is 0.0509. The van der Waals surface area contributed by atoms with Gasteiger partial charge < -0.3 is 29.0 Å². The number of ether oxygens (including phenoxy) is 4. The average Bonchev–Trinajstić information content (AvgIpc) is 2.96. The normalized spacial score (nSPS) is 15.6. The molecule has 14 heteroatoms. The van der Waals surface area contributed by atoms with E-state index in [1.54, 1.807) is 6.07 Å². The van der Waals surface area contributed by atoms with E-state index < -0.39 is 34.7 Å². The van der Waals surface area contributed by atoms with Crippen molar-refractivity contribution in [1.29, 1.82) is 5.26 Å². The summed E-state index contributed by atoms with van der Waals surface area (Å²) >= 11 is 6.40. The Labute approximate surface area is 259 Å². The second-order valence-corrected chi connectivity index (χ2v) is 19.1. The molecule has 43 heavy (non-hydrogen) atoms. The van der Waals surface area contributed by atoms with Gasteiger partial charge in [0.2, 0.25) is 0 Å². The minimum atomic E-state index is -4.41. The Kier molecular flexibility index (Phi) is 12.7. The van der Waals surface area contributed by atoms with Crippen LogP contribution in [0.25, 0.3) is 0 Å². The summed E-state index contributed by atoms with van der Waals surface area (Å²) in [7, 11) is -4.39. The zero-order chi connectivity index (χ0) is 31.6. The first-order chi connectivity index (χ1) is 20.4. The van der Waals surface area contributed by atoms with Gasteiger partial charge in [-0.1, -0.05) is 31.2 Å². The summed E-state index contributed by atoms with van der Waals surface area (Å²) in [5, 5.41) is 20.1. The number of piperidine rings is 1. The highest BCUT2D eigenvalue weighted by molar-refractivity contribution is 7.92. The molecule has 2 aromatic rings. The van der Waals surface area contributed by atoms with Gasteiger partial charge in [0, 0.05) is 21.2 Å². The number of phenols is 1. The Morgan fingerprint density at radius 2 is 1.86 bits per heavy atom.